The smallest absolute Gasteiger partial charge is 0.307 e. The summed E-state index contributed by atoms with van der Waals surface area (Å²) in [4.78, 5) is 37.9. The number of aliphatic carboxylic acids is 1. The molecule has 6 heteroatoms. The minimum Gasteiger partial charge on any atom is -0.497 e. The quantitative estimate of drug-likeness (QED) is 0.612. The SMILES string of the molecule is COc1ccc(C2(Nc3ccc(CC(=O)O)cc3)C(=O)c3ccccc3C2=O)cc1. The third kappa shape index (κ3) is 3.12. The van der Waals surface area contributed by atoms with Crippen molar-refractivity contribution in [3.63, 3.8) is 0 Å². The van der Waals surface area contributed by atoms with Gasteiger partial charge in [-0.3, -0.25) is 14.4 Å². The zero-order valence-electron chi connectivity index (χ0n) is 16.2. The Kier molecular flexibility index (Phi) is 4.83. The monoisotopic (exact) mass is 401 g/mol. The normalized spacial score (nSPS) is 14.3. The lowest BCUT2D eigenvalue weighted by atomic mass is 9.84. The van der Waals surface area contributed by atoms with Crippen molar-refractivity contribution in [1.82, 2.24) is 0 Å². The summed E-state index contributed by atoms with van der Waals surface area (Å²) in [6.45, 7) is 0. The molecule has 30 heavy (non-hydrogen) atoms. The van der Waals surface area contributed by atoms with Gasteiger partial charge in [0.15, 0.2) is 5.54 Å². The molecule has 0 amide bonds. The Morgan fingerprint density at radius 2 is 1.47 bits per heavy atom. The number of hydrogen-bond donors (Lipinski definition) is 2. The van der Waals surface area contributed by atoms with Crippen LogP contribution in [0.2, 0.25) is 0 Å². The molecule has 150 valence electrons. The molecule has 3 aromatic carbocycles. The van der Waals surface area contributed by atoms with E-state index in [-0.39, 0.29) is 18.0 Å². The number of fused-ring (bicyclic) bond motifs is 1. The van der Waals surface area contributed by atoms with Crippen molar-refractivity contribution in [2.75, 3.05) is 12.4 Å². The first-order chi connectivity index (χ1) is 14.5. The van der Waals surface area contributed by atoms with Gasteiger partial charge in [-0.15, -0.1) is 0 Å². The number of rotatable bonds is 6. The Morgan fingerprint density at radius 3 is 1.97 bits per heavy atom. The van der Waals surface area contributed by atoms with Crippen LogP contribution in [0.25, 0.3) is 0 Å². The average molecular weight is 401 g/mol. The summed E-state index contributed by atoms with van der Waals surface area (Å²) >= 11 is 0. The molecule has 1 aliphatic carbocycles. The molecule has 6 nitrogen and oxygen atoms in total. The van der Waals surface area contributed by atoms with Gasteiger partial charge in [-0.05, 0) is 35.4 Å². The zero-order chi connectivity index (χ0) is 21.3. The van der Waals surface area contributed by atoms with Crippen LogP contribution in [-0.4, -0.2) is 29.8 Å². The fourth-order valence-corrected chi connectivity index (χ4v) is 3.77. The van der Waals surface area contributed by atoms with Gasteiger partial charge in [0.05, 0.1) is 13.5 Å². The van der Waals surface area contributed by atoms with Gasteiger partial charge in [0, 0.05) is 16.8 Å². The lowest BCUT2D eigenvalue weighted by Gasteiger charge is -2.29. The summed E-state index contributed by atoms with van der Waals surface area (Å²) in [6, 6.07) is 20.3. The highest BCUT2D eigenvalue weighted by molar-refractivity contribution is 6.34. The van der Waals surface area contributed by atoms with Gasteiger partial charge in [0.2, 0.25) is 11.6 Å². The van der Waals surface area contributed by atoms with E-state index >= 15 is 0 Å². The summed E-state index contributed by atoms with van der Waals surface area (Å²) in [6.07, 6.45) is -0.104. The predicted octanol–water partition coefficient (Wildman–Crippen LogP) is 3.71. The largest absolute Gasteiger partial charge is 0.497 e. The number of benzene rings is 3. The first-order valence-electron chi connectivity index (χ1n) is 9.38. The molecule has 0 unspecified atom stereocenters. The minimum absolute atomic E-state index is 0.104. The maximum Gasteiger partial charge on any atom is 0.307 e. The number of anilines is 1. The van der Waals surface area contributed by atoms with E-state index in [9.17, 15) is 14.4 Å². The zero-order valence-corrected chi connectivity index (χ0v) is 16.2. The fraction of sp³-hybridized carbons (Fsp3) is 0.125. The van der Waals surface area contributed by atoms with Crippen molar-refractivity contribution >= 4 is 23.2 Å². The number of Topliss-reactive ketones (excluding diaryl/α,β-unsaturated/α-hetero) is 2. The van der Waals surface area contributed by atoms with Crippen molar-refractivity contribution in [2.24, 2.45) is 0 Å². The Hall–Kier alpha value is -3.93. The van der Waals surface area contributed by atoms with Gasteiger partial charge in [0.25, 0.3) is 0 Å². The molecule has 3 aromatic rings. The molecule has 0 radical (unpaired) electrons. The maximum atomic E-state index is 13.5. The fourth-order valence-electron chi connectivity index (χ4n) is 3.77. The van der Waals surface area contributed by atoms with Crippen molar-refractivity contribution in [3.8, 4) is 5.75 Å². The number of carbonyl (C=O) groups excluding carboxylic acids is 2. The standard InChI is InChI=1S/C24H19NO5/c1-30-18-12-8-16(9-13-18)24(22(28)19-4-2-3-5-20(19)23(24)29)25-17-10-6-15(7-11-17)14-21(26)27/h2-13,25H,14H2,1H3,(H,26,27). The van der Waals surface area contributed by atoms with Gasteiger partial charge in [-0.25, -0.2) is 0 Å². The first kappa shape index (κ1) is 19.4. The van der Waals surface area contributed by atoms with Gasteiger partial charge in [0.1, 0.15) is 5.75 Å². The molecule has 2 N–H and O–H groups in total. The van der Waals surface area contributed by atoms with Crippen molar-refractivity contribution < 1.29 is 24.2 Å². The predicted molar refractivity (Wildman–Crippen MR) is 111 cm³/mol. The highest BCUT2D eigenvalue weighted by Crippen LogP contribution is 2.41. The second-order valence-electron chi connectivity index (χ2n) is 7.07. The van der Waals surface area contributed by atoms with Crippen molar-refractivity contribution in [1.29, 1.82) is 0 Å². The number of hydrogen-bond acceptors (Lipinski definition) is 5. The molecule has 0 fully saturated rings. The Morgan fingerprint density at radius 1 is 0.900 bits per heavy atom. The number of ether oxygens (including phenoxy) is 1. The lowest BCUT2D eigenvalue weighted by molar-refractivity contribution is -0.136. The van der Waals surface area contributed by atoms with E-state index in [4.69, 9.17) is 9.84 Å². The summed E-state index contributed by atoms with van der Waals surface area (Å²) in [5.74, 6) is -0.977. The topological polar surface area (TPSA) is 92.7 Å². The minimum atomic E-state index is -1.61. The first-order valence-corrected chi connectivity index (χ1v) is 9.38. The summed E-state index contributed by atoms with van der Waals surface area (Å²) in [5.41, 5.74) is 0.795. The van der Waals surface area contributed by atoms with Crippen LogP contribution >= 0.6 is 0 Å². The van der Waals surface area contributed by atoms with E-state index < -0.39 is 11.5 Å². The Bertz CT molecular complexity index is 1100. The third-order valence-corrected chi connectivity index (χ3v) is 5.26. The molecular weight excluding hydrogens is 382 g/mol. The highest BCUT2D eigenvalue weighted by atomic mass is 16.5. The third-order valence-electron chi connectivity index (χ3n) is 5.26. The number of carboxylic acids is 1. The van der Waals surface area contributed by atoms with E-state index in [0.29, 0.717) is 33.7 Å². The summed E-state index contributed by atoms with van der Waals surface area (Å²) in [7, 11) is 1.55. The van der Waals surface area contributed by atoms with Crippen LogP contribution in [0.15, 0.2) is 72.8 Å². The summed E-state index contributed by atoms with van der Waals surface area (Å²) < 4.78 is 5.21. The van der Waals surface area contributed by atoms with E-state index in [1.54, 1.807) is 79.9 Å². The van der Waals surface area contributed by atoms with Crippen LogP contribution in [-0.2, 0) is 16.8 Å². The van der Waals surface area contributed by atoms with E-state index in [2.05, 4.69) is 5.32 Å². The van der Waals surface area contributed by atoms with Gasteiger partial charge in [-0.2, -0.15) is 0 Å². The van der Waals surface area contributed by atoms with Crippen LogP contribution in [0.1, 0.15) is 31.8 Å². The number of ketones is 2. The molecule has 0 aromatic heterocycles. The molecule has 0 aliphatic heterocycles. The second kappa shape index (κ2) is 7.48. The van der Waals surface area contributed by atoms with E-state index in [0.717, 1.165) is 0 Å². The summed E-state index contributed by atoms with van der Waals surface area (Å²) in [5, 5.41) is 12.1. The molecule has 0 heterocycles. The van der Waals surface area contributed by atoms with Crippen molar-refractivity contribution in [3.05, 3.63) is 95.1 Å². The number of carboxylic acid groups (broad SMARTS) is 1. The number of methoxy groups -OCH3 is 1. The highest BCUT2D eigenvalue weighted by Gasteiger charge is 2.54. The Labute approximate surface area is 173 Å². The maximum absolute atomic E-state index is 13.5. The molecule has 0 atom stereocenters. The second-order valence-corrected chi connectivity index (χ2v) is 7.07. The van der Waals surface area contributed by atoms with Crippen molar-refractivity contribution in [2.45, 2.75) is 12.0 Å². The van der Waals surface area contributed by atoms with Crippen LogP contribution in [0.5, 0.6) is 5.75 Å². The molecule has 0 bridgehead atoms. The lowest BCUT2D eigenvalue weighted by Crippen LogP contribution is -2.46. The van der Waals surface area contributed by atoms with Crippen LogP contribution in [0.3, 0.4) is 0 Å². The number of carbonyl (C=O) groups is 3. The number of nitrogens with one attached hydrogen (secondary N) is 1. The van der Waals surface area contributed by atoms with E-state index in [1.165, 1.54) is 0 Å². The Balaban J connectivity index is 1.80. The van der Waals surface area contributed by atoms with Crippen LogP contribution in [0.4, 0.5) is 5.69 Å². The average Bonchev–Trinajstić information content (AvgIpc) is 2.97. The van der Waals surface area contributed by atoms with E-state index in [1.807, 2.05) is 0 Å². The van der Waals surface area contributed by atoms with Crippen LogP contribution in [0, 0.1) is 0 Å². The van der Waals surface area contributed by atoms with Crippen LogP contribution < -0.4 is 10.1 Å². The molecule has 4 rings (SSSR count). The van der Waals surface area contributed by atoms with Gasteiger partial charge >= 0.3 is 5.97 Å². The molecule has 0 spiro atoms. The molecular formula is C24H19NO5. The molecule has 0 saturated heterocycles. The van der Waals surface area contributed by atoms with Gasteiger partial charge < -0.3 is 15.2 Å². The molecule has 1 aliphatic rings. The molecule has 0 saturated carbocycles. The van der Waals surface area contributed by atoms with Gasteiger partial charge in [-0.1, -0.05) is 48.5 Å².